The zero-order valence-corrected chi connectivity index (χ0v) is 23.6. The Bertz CT molecular complexity index is 1450. The number of nitrogens with two attached hydrogens (primary N) is 2. The van der Waals surface area contributed by atoms with Crippen LogP contribution in [-0.2, 0) is 14.2 Å². The first kappa shape index (κ1) is 27.4. The summed E-state index contributed by atoms with van der Waals surface area (Å²) in [5.74, 6) is 0.781. The van der Waals surface area contributed by atoms with E-state index in [1.807, 2.05) is 15.4 Å². The highest BCUT2D eigenvalue weighted by atomic mass is 32.2. The highest BCUT2D eigenvalue weighted by Crippen LogP contribution is 2.35. The topological polar surface area (TPSA) is 167 Å². The SMILES string of the molecule is CCC1CCC(n2cnc3c(N)ncnc32)O1.CCC1OC(n2cnc3c(N)ncnc32)CC1OC(=S)SC. The Kier molecular flexibility index (Phi) is 8.40. The van der Waals surface area contributed by atoms with Crippen molar-refractivity contribution in [2.75, 3.05) is 17.7 Å². The molecule has 0 aliphatic carbocycles. The molecule has 0 radical (unpaired) electrons. The third-order valence-electron chi connectivity index (χ3n) is 6.93. The maximum atomic E-state index is 6.09. The number of hydrogen-bond donors (Lipinski definition) is 2. The Labute approximate surface area is 235 Å². The fourth-order valence-electron chi connectivity index (χ4n) is 4.88. The minimum absolute atomic E-state index is 0.00765. The maximum Gasteiger partial charge on any atom is 0.220 e. The lowest BCUT2D eigenvalue weighted by molar-refractivity contribution is -0.0150. The van der Waals surface area contributed by atoms with Gasteiger partial charge in [0.2, 0.25) is 4.38 Å². The average molecular weight is 573 g/mol. The van der Waals surface area contributed by atoms with Crippen LogP contribution in [0.2, 0.25) is 0 Å². The number of nitrogens with zero attached hydrogens (tertiary/aromatic N) is 8. The van der Waals surface area contributed by atoms with Gasteiger partial charge in [0.05, 0.1) is 24.9 Å². The van der Waals surface area contributed by atoms with Gasteiger partial charge in [-0.2, -0.15) is 0 Å². The third kappa shape index (κ3) is 5.62. The molecule has 208 valence electrons. The van der Waals surface area contributed by atoms with Gasteiger partial charge in [-0.15, -0.1) is 0 Å². The molecule has 0 amide bonds. The molecular formula is C24H32N10O3S2. The molecule has 13 nitrogen and oxygen atoms in total. The highest BCUT2D eigenvalue weighted by Gasteiger charge is 2.38. The molecule has 15 heteroatoms. The van der Waals surface area contributed by atoms with Crippen LogP contribution in [-0.4, -0.2) is 68.0 Å². The highest BCUT2D eigenvalue weighted by molar-refractivity contribution is 8.22. The fourth-order valence-corrected chi connectivity index (χ4v) is 5.23. The zero-order chi connectivity index (χ0) is 27.5. The Morgan fingerprint density at radius 1 is 0.923 bits per heavy atom. The van der Waals surface area contributed by atoms with Gasteiger partial charge in [0, 0.05) is 6.42 Å². The largest absolute Gasteiger partial charge is 0.472 e. The van der Waals surface area contributed by atoms with E-state index >= 15 is 0 Å². The van der Waals surface area contributed by atoms with E-state index in [-0.39, 0.29) is 24.7 Å². The Morgan fingerprint density at radius 3 is 2.08 bits per heavy atom. The molecule has 0 bridgehead atoms. The second-order valence-electron chi connectivity index (χ2n) is 9.25. The van der Waals surface area contributed by atoms with Gasteiger partial charge >= 0.3 is 0 Å². The predicted octanol–water partition coefficient (Wildman–Crippen LogP) is 3.64. The molecule has 2 fully saturated rings. The summed E-state index contributed by atoms with van der Waals surface area (Å²) in [6.45, 7) is 4.21. The van der Waals surface area contributed by atoms with Crippen LogP contribution in [0.1, 0.15) is 58.4 Å². The molecule has 5 unspecified atom stereocenters. The van der Waals surface area contributed by atoms with Crippen LogP contribution in [0.4, 0.5) is 11.6 Å². The summed E-state index contributed by atoms with van der Waals surface area (Å²) in [6, 6.07) is 0. The number of imidazole rings is 2. The normalized spacial score (nSPS) is 24.6. The van der Waals surface area contributed by atoms with Crippen molar-refractivity contribution in [2.45, 2.75) is 76.7 Å². The average Bonchev–Trinajstić information content (AvgIpc) is 3.74. The van der Waals surface area contributed by atoms with Crippen molar-refractivity contribution in [3.63, 3.8) is 0 Å². The summed E-state index contributed by atoms with van der Waals surface area (Å²) in [4.78, 5) is 24.9. The van der Waals surface area contributed by atoms with E-state index in [1.54, 1.807) is 12.7 Å². The van der Waals surface area contributed by atoms with Crippen molar-refractivity contribution in [3.8, 4) is 0 Å². The molecule has 2 saturated heterocycles. The van der Waals surface area contributed by atoms with Crippen molar-refractivity contribution in [1.82, 2.24) is 39.0 Å². The van der Waals surface area contributed by atoms with Crippen LogP contribution < -0.4 is 11.5 Å². The molecule has 0 aromatic carbocycles. The van der Waals surface area contributed by atoms with Crippen LogP contribution in [0, 0.1) is 0 Å². The summed E-state index contributed by atoms with van der Waals surface area (Å²) in [5.41, 5.74) is 14.2. The number of aromatic nitrogens is 8. The van der Waals surface area contributed by atoms with Gasteiger partial charge in [0.15, 0.2) is 22.9 Å². The minimum Gasteiger partial charge on any atom is -0.472 e. The summed E-state index contributed by atoms with van der Waals surface area (Å²) in [7, 11) is 0. The molecule has 4 N–H and O–H groups in total. The molecule has 0 saturated carbocycles. The molecule has 39 heavy (non-hydrogen) atoms. The third-order valence-corrected chi connectivity index (χ3v) is 7.96. The van der Waals surface area contributed by atoms with Crippen LogP contribution >= 0.6 is 24.0 Å². The van der Waals surface area contributed by atoms with Crippen LogP contribution in [0.5, 0.6) is 0 Å². The quantitative estimate of drug-likeness (QED) is 0.333. The van der Waals surface area contributed by atoms with Gasteiger partial charge < -0.3 is 25.7 Å². The van der Waals surface area contributed by atoms with Gasteiger partial charge in [-0.1, -0.05) is 25.6 Å². The predicted molar refractivity (Wildman–Crippen MR) is 153 cm³/mol. The number of thiocarbonyl (C=S) groups is 1. The molecule has 6 heterocycles. The number of nitrogen functional groups attached to an aromatic ring is 2. The van der Waals surface area contributed by atoms with E-state index in [1.165, 1.54) is 24.4 Å². The second-order valence-corrected chi connectivity index (χ2v) is 10.7. The molecule has 6 rings (SSSR count). The van der Waals surface area contributed by atoms with Crippen molar-refractivity contribution in [2.24, 2.45) is 0 Å². The van der Waals surface area contributed by atoms with Crippen molar-refractivity contribution in [3.05, 3.63) is 25.3 Å². The number of fused-ring (bicyclic) bond motifs is 2. The van der Waals surface area contributed by atoms with E-state index < -0.39 is 0 Å². The molecule has 4 aromatic heterocycles. The van der Waals surface area contributed by atoms with Crippen molar-refractivity contribution < 1.29 is 14.2 Å². The number of ether oxygens (including phenoxy) is 3. The summed E-state index contributed by atoms with van der Waals surface area (Å²) < 4.78 is 22.2. The van der Waals surface area contributed by atoms with E-state index in [0.717, 1.165) is 31.3 Å². The molecule has 4 aromatic rings. The molecule has 2 aliphatic heterocycles. The molecule has 2 aliphatic rings. The van der Waals surface area contributed by atoms with Crippen LogP contribution in [0.15, 0.2) is 25.3 Å². The van der Waals surface area contributed by atoms with Gasteiger partial charge in [-0.3, -0.25) is 9.13 Å². The maximum absolute atomic E-state index is 6.09. The second kappa shape index (κ2) is 11.9. The van der Waals surface area contributed by atoms with E-state index in [9.17, 15) is 0 Å². The standard InChI is InChI=1S/C13H17N5O2S2.C11H15N5O/c1-3-7-8(20-13(21)22-2)4-9(19-7)18-6-17-10-11(14)15-5-16-12(10)18;1-2-7-3-4-8(17-7)16-6-15-9-10(12)13-5-14-11(9)16/h5-9H,3-4H2,1-2H3,(H2,14,15,16);5-8H,2-4H2,1H3,(H2,12,13,14). The van der Waals surface area contributed by atoms with Crippen LogP contribution in [0.25, 0.3) is 22.3 Å². The Balaban J connectivity index is 0.000000163. The van der Waals surface area contributed by atoms with Gasteiger partial charge in [-0.25, -0.2) is 29.9 Å². The lowest BCUT2D eigenvalue weighted by atomic mass is 10.1. The first-order chi connectivity index (χ1) is 18.9. The van der Waals surface area contributed by atoms with Crippen LogP contribution in [0.3, 0.4) is 0 Å². The summed E-state index contributed by atoms with van der Waals surface area (Å²) in [5, 5.41) is 0. The number of anilines is 2. The monoisotopic (exact) mass is 572 g/mol. The molecular weight excluding hydrogens is 540 g/mol. The Morgan fingerprint density at radius 2 is 1.54 bits per heavy atom. The number of hydrogen-bond acceptors (Lipinski definition) is 13. The molecule has 5 atom stereocenters. The lowest BCUT2D eigenvalue weighted by Crippen LogP contribution is -2.24. The van der Waals surface area contributed by atoms with Crippen molar-refractivity contribution >= 4 is 62.3 Å². The van der Waals surface area contributed by atoms with E-state index in [4.69, 9.17) is 37.9 Å². The lowest BCUT2D eigenvalue weighted by Gasteiger charge is -2.17. The first-order valence-corrected chi connectivity index (χ1v) is 14.5. The molecule has 0 spiro atoms. The smallest absolute Gasteiger partial charge is 0.220 e. The van der Waals surface area contributed by atoms with Gasteiger partial charge in [0.1, 0.15) is 42.2 Å². The van der Waals surface area contributed by atoms with E-state index in [0.29, 0.717) is 45.2 Å². The van der Waals surface area contributed by atoms with E-state index in [2.05, 4.69) is 43.8 Å². The summed E-state index contributed by atoms with van der Waals surface area (Å²) >= 11 is 6.58. The first-order valence-electron chi connectivity index (χ1n) is 12.8. The zero-order valence-electron chi connectivity index (χ0n) is 22.0. The Hall–Kier alpha value is -3.14. The minimum atomic E-state index is -0.195. The number of thioether (sulfide) groups is 1. The van der Waals surface area contributed by atoms with Gasteiger partial charge in [-0.05, 0) is 44.2 Å². The number of rotatable bonds is 5. The summed E-state index contributed by atoms with van der Waals surface area (Å²) in [6.07, 6.45) is 13.0. The fraction of sp³-hybridized carbons (Fsp3) is 0.542. The van der Waals surface area contributed by atoms with Crippen molar-refractivity contribution in [1.29, 1.82) is 0 Å². The van der Waals surface area contributed by atoms with Gasteiger partial charge in [0.25, 0.3) is 0 Å².